The number of anilines is 1. The molecule has 23 heavy (non-hydrogen) atoms. The zero-order chi connectivity index (χ0) is 16.6. The molecule has 0 aromatic heterocycles. The molecule has 0 unspecified atom stereocenters. The number of carbonyl (C=O) groups is 1. The molecule has 3 heteroatoms. The molecular formula is C20H21NO2. The highest BCUT2D eigenvalue weighted by atomic mass is 16.5. The fraction of sp³-hybridized carbons (Fsp3) is 0.250. The monoisotopic (exact) mass is 307 g/mol. The predicted octanol–water partition coefficient (Wildman–Crippen LogP) is 4.34. The summed E-state index contributed by atoms with van der Waals surface area (Å²) in [5.41, 5.74) is 4.85. The smallest absolute Gasteiger partial charge is 0.258 e. The van der Waals surface area contributed by atoms with Gasteiger partial charge >= 0.3 is 0 Å². The largest absolute Gasteiger partial charge is 0.496 e. The maximum Gasteiger partial charge on any atom is 0.258 e. The molecule has 2 aromatic rings. The highest BCUT2D eigenvalue weighted by molar-refractivity contribution is 6.35. The van der Waals surface area contributed by atoms with Gasteiger partial charge in [-0.1, -0.05) is 38.1 Å². The molecule has 3 nitrogen and oxygen atoms in total. The van der Waals surface area contributed by atoms with Crippen LogP contribution in [0.2, 0.25) is 0 Å². The van der Waals surface area contributed by atoms with E-state index in [9.17, 15) is 4.79 Å². The van der Waals surface area contributed by atoms with Crippen LogP contribution in [0, 0.1) is 0 Å². The fourth-order valence-electron chi connectivity index (χ4n) is 3.00. The molecule has 0 saturated carbocycles. The fourth-order valence-corrected chi connectivity index (χ4v) is 3.00. The summed E-state index contributed by atoms with van der Waals surface area (Å²) < 4.78 is 5.43. The normalized spacial score (nSPS) is 15.4. The van der Waals surface area contributed by atoms with Gasteiger partial charge in [0.25, 0.3) is 5.91 Å². The van der Waals surface area contributed by atoms with Crippen LogP contribution in [0.3, 0.4) is 0 Å². The Balaban J connectivity index is 2.09. The minimum Gasteiger partial charge on any atom is -0.496 e. The van der Waals surface area contributed by atoms with Crippen molar-refractivity contribution in [2.24, 2.45) is 0 Å². The lowest BCUT2D eigenvalue weighted by Crippen LogP contribution is -2.20. The van der Waals surface area contributed by atoms with Crippen molar-refractivity contribution in [2.75, 3.05) is 19.1 Å². The summed E-state index contributed by atoms with van der Waals surface area (Å²) in [7, 11) is 3.50. The van der Waals surface area contributed by atoms with Gasteiger partial charge in [0.1, 0.15) is 5.75 Å². The summed E-state index contributed by atoms with van der Waals surface area (Å²) in [6.45, 7) is 4.27. The van der Waals surface area contributed by atoms with Crippen molar-refractivity contribution in [2.45, 2.75) is 19.8 Å². The lowest BCUT2D eigenvalue weighted by Gasteiger charge is -2.12. The van der Waals surface area contributed by atoms with Crippen molar-refractivity contribution in [1.29, 1.82) is 0 Å². The molecule has 0 fully saturated rings. The number of hydrogen-bond donors (Lipinski definition) is 0. The van der Waals surface area contributed by atoms with Gasteiger partial charge in [0.15, 0.2) is 0 Å². The van der Waals surface area contributed by atoms with Gasteiger partial charge in [-0.15, -0.1) is 0 Å². The van der Waals surface area contributed by atoms with E-state index in [1.165, 1.54) is 0 Å². The molecule has 0 radical (unpaired) electrons. The third-order valence-electron chi connectivity index (χ3n) is 4.28. The van der Waals surface area contributed by atoms with Crippen LogP contribution in [-0.2, 0) is 4.79 Å². The van der Waals surface area contributed by atoms with Crippen LogP contribution >= 0.6 is 0 Å². The quantitative estimate of drug-likeness (QED) is 0.790. The van der Waals surface area contributed by atoms with Gasteiger partial charge in [-0.25, -0.2) is 0 Å². The van der Waals surface area contributed by atoms with Crippen LogP contribution in [0.1, 0.15) is 36.5 Å². The second-order valence-electron chi connectivity index (χ2n) is 6.10. The van der Waals surface area contributed by atoms with E-state index >= 15 is 0 Å². The van der Waals surface area contributed by atoms with Gasteiger partial charge < -0.3 is 9.64 Å². The molecule has 0 saturated heterocycles. The average Bonchev–Trinajstić information content (AvgIpc) is 2.80. The Morgan fingerprint density at radius 3 is 2.57 bits per heavy atom. The first-order chi connectivity index (χ1) is 11.0. The SMILES string of the molecule is COc1ccc(/C=C2/C(=O)N(C)c3ccccc32)cc1C(C)C. The van der Waals surface area contributed by atoms with E-state index in [1.54, 1.807) is 12.0 Å². The van der Waals surface area contributed by atoms with E-state index in [-0.39, 0.29) is 5.91 Å². The lowest BCUT2D eigenvalue weighted by molar-refractivity contribution is -0.112. The van der Waals surface area contributed by atoms with E-state index in [2.05, 4.69) is 19.9 Å². The standard InChI is InChI=1S/C20H21NO2/c1-13(2)16-11-14(9-10-19(16)23-4)12-17-15-7-5-6-8-18(15)21(3)20(17)22/h5-13H,1-4H3/b17-12+. The van der Waals surface area contributed by atoms with E-state index in [0.717, 1.165) is 33.7 Å². The number of ether oxygens (including phenoxy) is 1. The average molecular weight is 307 g/mol. The zero-order valence-electron chi connectivity index (χ0n) is 14.0. The van der Waals surface area contributed by atoms with Crippen molar-refractivity contribution in [3.63, 3.8) is 0 Å². The number of carbonyl (C=O) groups excluding carboxylic acids is 1. The van der Waals surface area contributed by atoms with Crippen LogP contribution in [0.5, 0.6) is 5.75 Å². The number of fused-ring (bicyclic) bond motifs is 1. The lowest BCUT2D eigenvalue weighted by atomic mass is 9.97. The number of amides is 1. The first-order valence-electron chi connectivity index (χ1n) is 7.80. The van der Waals surface area contributed by atoms with E-state index in [4.69, 9.17) is 4.74 Å². The maximum absolute atomic E-state index is 12.5. The zero-order valence-corrected chi connectivity index (χ0v) is 14.0. The summed E-state index contributed by atoms with van der Waals surface area (Å²) in [6.07, 6.45) is 1.97. The van der Waals surface area contributed by atoms with Crippen molar-refractivity contribution in [3.05, 3.63) is 59.2 Å². The molecule has 0 aliphatic carbocycles. The summed E-state index contributed by atoms with van der Waals surface area (Å²) in [5, 5.41) is 0. The highest BCUT2D eigenvalue weighted by Gasteiger charge is 2.29. The van der Waals surface area contributed by atoms with Crippen LogP contribution < -0.4 is 9.64 Å². The van der Waals surface area contributed by atoms with Crippen LogP contribution in [0.15, 0.2) is 42.5 Å². The van der Waals surface area contributed by atoms with Crippen molar-refractivity contribution in [3.8, 4) is 5.75 Å². The summed E-state index contributed by atoms with van der Waals surface area (Å²) in [5.74, 6) is 1.28. The Bertz CT molecular complexity index is 790. The molecule has 0 spiro atoms. The van der Waals surface area contributed by atoms with E-state index in [0.29, 0.717) is 5.92 Å². The van der Waals surface area contributed by atoms with E-state index in [1.807, 2.05) is 49.5 Å². The topological polar surface area (TPSA) is 29.5 Å². The maximum atomic E-state index is 12.5. The first-order valence-corrected chi connectivity index (χ1v) is 7.80. The summed E-state index contributed by atoms with van der Waals surface area (Å²) in [6, 6.07) is 14.0. The predicted molar refractivity (Wildman–Crippen MR) is 94.8 cm³/mol. The van der Waals surface area contributed by atoms with Gasteiger partial charge in [0, 0.05) is 18.2 Å². The molecule has 2 aromatic carbocycles. The minimum absolute atomic E-state index is 0.0353. The second kappa shape index (κ2) is 5.92. The molecule has 1 heterocycles. The molecule has 1 amide bonds. The van der Waals surface area contributed by atoms with E-state index < -0.39 is 0 Å². The minimum atomic E-state index is 0.0353. The first kappa shape index (κ1) is 15.3. The molecule has 1 aliphatic heterocycles. The highest BCUT2D eigenvalue weighted by Crippen LogP contribution is 2.37. The van der Waals surface area contributed by atoms with Gasteiger partial charge in [-0.05, 0) is 41.3 Å². The summed E-state index contributed by atoms with van der Waals surface area (Å²) >= 11 is 0. The number of likely N-dealkylation sites (N-methyl/N-ethyl adjacent to an activating group) is 1. The van der Waals surface area contributed by atoms with Gasteiger partial charge in [-0.3, -0.25) is 4.79 Å². The van der Waals surface area contributed by atoms with Crippen LogP contribution in [0.4, 0.5) is 5.69 Å². The third-order valence-corrected chi connectivity index (χ3v) is 4.28. The molecule has 3 rings (SSSR count). The second-order valence-corrected chi connectivity index (χ2v) is 6.10. The van der Waals surface area contributed by atoms with Gasteiger partial charge in [0.05, 0.1) is 12.8 Å². The van der Waals surface area contributed by atoms with Gasteiger partial charge in [-0.2, -0.15) is 0 Å². The molecule has 1 aliphatic rings. The Kier molecular flexibility index (Phi) is 3.95. The molecule has 118 valence electrons. The number of rotatable bonds is 3. The van der Waals surface area contributed by atoms with Crippen molar-refractivity contribution < 1.29 is 9.53 Å². The molecule has 0 atom stereocenters. The molecule has 0 bridgehead atoms. The number of nitrogens with zero attached hydrogens (tertiary/aromatic N) is 1. The van der Waals surface area contributed by atoms with Gasteiger partial charge in [0.2, 0.25) is 0 Å². The Morgan fingerprint density at radius 1 is 1.13 bits per heavy atom. The Labute approximate surface area is 137 Å². The van der Waals surface area contributed by atoms with Crippen molar-refractivity contribution >= 4 is 23.2 Å². The van der Waals surface area contributed by atoms with Crippen LogP contribution in [0.25, 0.3) is 11.6 Å². The Hall–Kier alpha value is -2.55. The number of methoxy groups -OCH3 is 1. The third kappa shape index (κ3) is 2.63. The molecule has 0 N–H and O–H groups in total. The van der Waals surface area contributed by atoms with Crippen molar-refractivity contribution in [1.82, 2.24) is 0 Å². The Morgan fingerprint density at radius 2 is 1.87 bits per heavy atom. The molecular weight excluding hydrogens is 286 g/mol. The summed E-state index contributed by atoms with van der Waals surface area (Å²) in [4.78, 5) is 14.2. The van der Waals surface area contributed by atoms with Crippen LogP contribution in [-0.4, -0.2) is 20.1 Å². The number of benzene rings is 2. The number of para-hydroxylation sites is 1. The number of hydrogen-bond acceptors (Lipinski definition) is 2.